The van der Waals surface area contributed by atoms with Gasteiger partial charge in [0, 0.05) is 23.7 Å². The van der Waals surface area contributed by atoms with E-state index in [1.807, 2.05) is 11.8 Å². The summed E-state index contributed by atoms with van der Waals surface area (Å²) in [6.45, 7) is 2.76. The normalized spacial score (nSPS) is 30.6. The van der Waals surface area contributed by atoms with E-state index in [2.05, 4.69) is 29.6 Å². The van der Waals surface area contributed by atoms with Gasteiger partial charge < -0.3 is 10.1 Å². The van der Waals surface area contributed by atoms with Crippen LogP contribution in [0.5, 0.6) is 0 Å². The summed E-state index contributed by atoms with van der Waals surface area (Å²) in [5, 5.41) is 3.42. The fraction of sp³-hybridized carbons (Fsp3) is 0.455. The van der Waals surface area contributed by atoms with Crippen molar-refractivity contribution in [2.45, 2.75) is 10.5 Å². The van der Waals surface area contributed by atoms with Crippen LogP contribution < -0.4 is 5.32 Å². The number of benzene rings is 1. The van der Waals surface area contributed by atoms with E-state index in [9.17, 15) is 0 Å². The van der Waals surface area contributed by atoms with Crippen LogP contribution in [0.3, 0.4) is 0 Å². The highest BCUT2D eigenvalue weighted by molar-refractivity contribution is 7.99. The van der Waals surface area contributed by atoms with Crippen molar-refractivity contribution in [1.82, 2.24) is 5.32 Å². The first-order chi connectivity index (χ1) is 6.91. The summed E-state index contributed by atoms with van der Waals surface area (Å²) in [7, 11) is 0. The number of nitrogens with one attached hydrogen (secondary N) is 1. The molecule has 2 nitrogen and oxygen atoms in total. The lowest BCUT2D eigenvalue weighted by molar-refractivity contribution is -0.0526. The summed E-state index contributed by atoms with van der Waals surface area (Å²) in [6.07, 6.45) is 0. The average molecular weight is 207 g/mol. The molecular formula is C11H13NOS. The van der Waals surface area contributed by atoms with Gasteiger partial charge in [-0.1, -0.05) is 18.2 Å². The maximum absolute atomic E-state index is 5.97. The Morgan fingerprint density at radius 1 is 1.36 bits per heavy atom. The molecule has 3 heteroatoms. The monoisotopic (exact) mass is 207 g/mol. The Hall–Kier alpha value is -0.510. The van der Waals surface area contributed by atoms with Gasteiger partial charge in [-0.15, -0.1) is 11.8 Å². The van der Waals surface area contributed by atoms with E-state index in [0.717, 1.165) is 25.4 Å². The van der Waals surface area contributed by atoms with Crippen molar-refractivity contribution in [2.75, 3.05) is 25.4 Å². The highest BCUT2D eigenvalue weighted by Crippen LogP contribution is 2.44. The molecule has 0 saturated carbocycles. The summed E-state index contributed by atoms with van der Waals surface area (Å²) in [6, 6.07) is 8.58. The molecule has 0 bridgehead atoms. The number of hydrogen-bond acceptors (Lipinski definition) is 3. The van der Waals surface area contributed by atoms with Crippen LogP contribution in [-0.4, -0.2) is 25.4 Å². The third-order valence-corrected chi connectivity index (χ3v) is 4.18. The average Bonchev–Trinajstić information content (AvgIpc) is 2.60. The molecule has 1 unspecified atom stereocenters. The van der Waals surface area contributed by atoms with Crippen LogP contribution in [-0.2, 0) is 10.3 Å². The molecule has 1 aromatic carbocycles. The van der Waals surface area contributed by atoms with Crippen LogP contribution in [0, 0.1) is 0 Å². The highest BCUT2D eigenvalue weighted by atomic mass is 32.2. The van der Waals surface area contributed by atoms with Gasteiger partial charge in [-0.05, 0) is 11.6 Å². The fourth-order valence-electron chi connectivity index (χ4n) is 2.17. The third kappa shape index (κ3) is 1.20. The summed E-state index contributed by atoms with van der Waals surface area (Å²) >= 11 is 1.91. The minimum atomic E-state index is -0.0422. The first kappa shape index (κ1) is 8.77. The number of thioether (sulfide) groups is 1. The second-order valence-electron chi connectivity index (χ2n) is 3.80. The second-order valence-corrected chi connectivity index (χ2v) is 4.82. The Kier molecular flexibility index (Phi) is 2.04. The smallest absolute Gasteiger partial charge is 0.116 e. The highest BCUT2D eigenvalue weighted by Gasteiger charge is 2.41. The van der Waals surface area contributed by atoms with E-state index in [4.69, 9.17) is 4.74 Å². The van der Waals surface area contributed by atoms with Crippen molar-refractivity contribution in [1.29, 1.82) is 0 Å². The number of fused-ring (bicyclic) bond motifs is 2. The third-order valence-electron chi connectivity index (χ3n) is 2.91. The molecule has 1 fully saturated rings. The summed E-state index contributed by atoms with van der Waals surface area (Å²) in [5.41, 5.74) is 1.33. The summed E-state index contributed by atoms with van der Waals surface area (Å²) in [5.74, 6) is 1.05. The Labute approximate surface area is 88.0 Å². The predicted octanol–water partition coefficient (Wildman–Crippen LogP) is 1.61. The van der Waals surface area contributed by atoms with E-state index < -0.39 is 0 Å². The van der Waals surface area contributed by atoms with Crippen molar-refractivity contribution < 1.29 is 4.74 Å². The van der Waals surface area contributed by atoms with Crippen molar-refractivity contribution in [3.63, 3.8) is 0 Å². The Morgan fingerprint density at radius 3 is 3.14 bits per heavy atom. The number of morpholine rings is 1. The molecule has 1 saturated heterocycles. The molecule has 1 atom stereocenters. The minimum Gasteiger partial charge on any atom is -0.367 e. The molecule has 1 aromatic rings. The van der Waals surface area contributed by atoms with Crippen LogP contribution in [0.1, 0.15) is 5.56 Å². The maximum Gasteiger partial charge on any atom is 0.116 e. The van der Waals surface area contributed by atoms with E-state index in [-0.39, 0.29) is 5.60 Å². The predicted molar refractivity (Wildman–Crippen MR) is 57.7 cm³/mol. The standard InChI is InChI=1S/C11H13NOS/c1-2-4-10-9(3-1)11(8-14-10)7-12-5-6-13-11/h1-4,12H,5-8H2. The molecule has 2 heterocycles. The zero-order valence-electron chi connectivity index (χ0n) is 7.95. The quantitative estimate of drug-likeness (QED) is 0.698. The number of ether oxygens (including phenoxy) is 1. The van der Waals surface area contributed by atoms with E-state index in [1.54, 1.807) is 0 Å². The molecule has 74 valence electrons. The molecule has 0 aliphatic carbocycles. The first-order valence-electron chi connectivity index (χ1n) is 4.98. The maximum atomic E-state index is 5.97. The molecule has 2 aliphatic rings. The van der Waals surface area contributed by atoms with Crippen molar-refractivity contribution in [3.8, 4) is 0 Å². The molecular weight excluding hydrogens is 194 g/mol. The molecule has 0 aromatic heterocycles. The van der Waals surface area contributed by atoms with Crippen molar-refractivity contribution in [2.24, 2.45) is 0 Å². The van der Waals surface area contributed by atoms with E-state index in [0.29, 0.717) is 0 Å². The van der Waals surface area contributed by atoms with Crippen molar-refractivity contribution >= 4 is 11.8 Å². The largest absolute Gasteiger partial charge is 0.367 e. The van der Waals surface area contributed by atoms with Gasteiger partial charge in [0.25, 0.3) is 0 Å². The Morgan fingerprint density at radius 2 is 2.29 bits per heavy atom. The van der Waals surface area contributed by atoms with Crippen LogP contribution in [0.25, 0.3) is 0 Å². The lowest BCUT2D eigenvalue weighted by atomic mass is 9.95. The van der Waals surface area contributed by atoms with Gasteiger partial charge in [-0.25, -0.2) is 0 Å². The van der Waals surface area contributed by atoms with E-state index >= 15 is 0 Å². The molecule has 1 N–H and O–H groups in total. The van der Waals surface area contributed by atoms with Crippen LogP contribution >= 0.6 is 11.8 Å². The lowest BCUT2D eigenvalue weighted by Gasteiger charge is -2.34. The molecule has 3 rings (SSSR count). The summed E-state index contributed by atoms with van der Waals surface area (Å²) < 4.78 is 5.97. The second kappa shape index (κ2) is 3.26. The zero-order valence-corrected chi connectivity index (χ0v) is 8.77. The van der Waals surface area contributed by atoms with Gasteiger partial charge >= 0.3 is 0 Å². The molecule has 0 amide bonds. The first-order valence-corrected chi connectivity index (χ1v) is 5.96. The Bertz CT molecular complexity index is 341. The lowest BCUT2D eigenvalue weighted by Crippen LogP contribution is -2.47. The van der Waals surface area contributed by atoms with Gasteiger partial charge in [-0.2, -0.15) is 0 Å². The van der Waals surface area contributed by atoms with Gasteiger partial charge in [0.2, 0.25) is 0 Å². The fourth-order valence-corrected chi connectivity index (χ4v) is 3.48. The van der Waals surface area contributed by atoms with Gasteiger partial charge in [0.1, 0.15) is 5.60 Å². The Balaban J connectivity index is 2.03. The molecule has 1 spiro atoms. The number of hydrogen-bond donors (Lipinski definition) is 1. The molecule has 2 aliphatic heterocycles. The van der Waals surface area contributed by atoms with Crippen molar-refractivity contribution in [3.05, 3.63) is 29.8 Å². The SMILES string of the molecule is c1ccc2c(c1)SCC21CNCCO1. The topological polar surface area (TPSA) is 21.3 Å². The van der Waals surface area contributed by atoms with E-state index in [1.165, 1.54) is 10.5 Å². The van der Waals surface area contributed by atoms with Crippen LogP contribution in [0.4, 0.5) is 0 Å². The van der Waals surface area contributed by atoms with Gasteiger partial charge in [0.15, 0.2) is 0 Å². The minimum absolute atomic E-state index is 0.0422. The molecule has 0 radical (unpaired) electrons. The molecule has 14 heavy (non-hydrogen) atoms. The number of rotatable bonds is 0. The van der Waals surface area contributed by atoms with Gasteiger partial charge in [-0.3, -0.25) is 0 Å². The summed E-state index contributed by atoms with van der Waals surface area (Å²) in [4.78, 5) is 1.39. The zero-order chi connectivity index (χ0) is 9.43. The van der Waals surface area contributed by atoms with Crippen LogP contribution in [0.15, 0.2) is 29.2 Å². The van der Waals surface area contributed by atoms with Gasteiger partial charge in [0.05, 0.1) is 6.61 Å². The van der Waals surface area contributed by atoms with Crippen LogP contribution in [0.2, 0.25) is 0 Å².